The number of ether oxygens (including phenoxy) is 1. The monoisotopic (exact) mass is 198 g/mol. The van der Waals surface area contributed by atoms with Gasteiger partial charge in [0, 0.05) is 25.0 Å². The summed E-state index contributed by atoms with van der Waals surface area (Å²) in [6.07, 6.45) is 4.57. The summed E-state index contributed by atoms with van der Waals surface area (Å²) in [5.41, 5.74) is 0. The van der Waals surface area contributed by atoms with Gasteiger partial charge in [0.25, 0.3) is 0 Å². The molecule has 2 heterocycles. The first-order valence-corrected chi connectivity index (χ1v) is 4.71. The van der Waals surface area contributed by atoms with Crippen LogP contribution in [0.3, 0.4) is 0 Å². The fraction of sp³-hybridized carbons (Fsp3) is 0.444. The van der Waals surface area contributed by atoms with Gasteiger partial charge < -0.3 is 10.1 Å². The maximum absolute atomic E-state index is 5.89. The van der Waals surface area contributed by atoms with Crippen molar-refractivity contribution >= 4 is 11.6 Å². The molecule has 0 radical (unpaired) electrons. The number of hydrogen-bond acceptors (Lipinski definition) is 3. The predicted molar refractivity (Wildman–Crippen MR) is 51.1 cm³/mol. The average molecular weight is 199 g/mol. The van der Waals surface area contributed by atoms with Gasteiger partial charge in [0.1, 0.15) is 16.9 Å². The van der Waals surface area contributed by atoms with Crippen molar-refractivity contribution in [2.24, 2.45) is 0 Å². The molecular formula is C9H11ClN2O. The van der Waals surface area contributed by atoms with Gasteiger partial charge >= 0.3 is 0 Å². The Labute approximate surface area is 82.1 Å². The van der Waals surface area contributed by atoms with Crippen molar-refractivity contribution in [3.05, 3.63) is 23.5 Å². The summed E-state index contributed by atoms with van der Waals surface area (Å²) >= 11 is 5.89. The van der Waals surface area contributed by atoms with Crippen molar-refractivity contribution in [3.8, 4) is 5.75 Å². The van der Waals surface area contributed by atoms with Crippen molar-refractivity contribution in [3.63, 3.8) is 0 Å². The molecule has 1 atom stereocenters. The normalized spacial score (nSPS) is 21.8. The molecule has 0 saturated carbocycles. The fourth-order valence-electron chi connectivity index (χ4n) is 1.37. The highest BCUT2D eigenvalue weighted by Gasteiger charge is 2.16. The number of rotatable bonds is 2. The van der Waals surface area contributed by atoms with Gasteiger partial charge in [-0.1, -0.05) is 11.6 Å². The van der Waals surface area contributed by atoms with Crippen LogP contribution in [0, 0.1) is 0 Å². The zero-order valence-electron chi connectivity index (χ0n) is 7.16. The molecule has 0 spiro atoms. The first kappa shape index (κ1) is 8.78. The third kappa shape index (κ3) is 2.11. The van der Waals surface area contributed by atoms with Gasteiger partial charge in [0.2, 0.25) is 0 Å². The van der Waals surface area contributed by atoms with E-state index in [1.807, 2.05) is 0 Å². The van der Waals surface area contributed by atoms with E-state index in [1.165, 1.54) is 0 Å². The van der Waals surface area contributed by atoms with Crippen LogP contribution in [0.2, 0.25) is 5.02 Å². The Kier molecular flexibility index (Phi) is 2.66. The molecule has 13 heavy (non-hydrogen) atoms. The van der Waals surface area contributed by atoms with Crippen LogP contribution in [0.5, 0.6) is 5.75 Å². The minimum absolute atomic E-state index is 0.250. The van der Waals surface area contributed by atoms with E-state index in [4.69, 9.17) is 16.3 Å². The Balaban J connectivity index is 2.04. The summed E-state index contributed by atoms with van der Waals surface area (Å²) in [5.74, 6) is 0.727. The minimum atomic E-state index is 0.250. The van der Waals surface area contributed by atoms with Crippen LogP contribution in [-0.2, 0) is 0 Å². The lowest BCUT2D eigenvalue weighted by Gasteiger charge is -2.12. The summed E-state index contributed by atoms with van der Waals surface area (Å²) in [6, 6.07) is 1.79. The smallest absolute Gasteiger partial charge is 0.141 e. The Hall–Kier alpha value is -0.800. The van der Waals surface area contributed by atoms with E-state index in [0.717, 1.165) is 25.3 Å². The van der Waals surface area contributed by atoms with Crippen LogP contribution < -0.4 is 10.1 Å². The largest absolute Gasteiger partial charge is 0.487 e. The van der Waals surface area contributed by atoms with Crippen LogP contribution in [0.25, 0.3) is 0 Å². The molecule has 0 amide bonds. The van der Waals surface area contributed by atoms with Crippen molar-refractivity contribution < 1.29 is 4.74 Å². The molecule has 1 aliphatic rings. The van der Waals surface area contributed by atoms with E-state index in [2.05, 4.69) is 10.3 Å². The van der Waals surface area contributed by atoms with Gasteiger partial charge in [0.05, 0.1) is 0 Å². The van der Waals surface area contributed by atoms with Crippen molar-refractivity contribution in [2.45, 2.75) is 12.5 Å². The van der Waals surface area contributed by atoms with Crippen LogP contribution in [0.15, 0.2) is 18.5 Å². The summed E-state index contributed by atoms with van der Waals surface area (Å²) in [6.45, 7) is 1.92. The molecule has 1 fully saturated rings. The van der Waals surface area contributed by atoms with E-state index < -0.39 is 0 Å². The van der Waals surface area contributed by atoms with Crippen molar-refractivity contribution in [2.75, 3.05) is 13.1 Å². The predicted octanol–water partition coefficient (Wildman–Crippen LogP) is 1.48. The van der Waals surface area contributed by atoms with Crippen LogP contribution in [0.4, 0.5) is 0 Å². The number of hydrogen-bond donors (Lipinski definition) is 1. The topological polar surface area (TPSA) is 34.1 Å². The molecule has 0 aromatic carbocycles. The quantitative estimate of drug-likeness (QED) is 0.782. The van der Waals surface area contributed by atoms with Crippen molar-refractivity contribution in [1.82, 2.24) is 10.3 Å². The number of halogens is 1. The molecule has 1 aromatic heterocycles. The summed E-state index contributed by atoms with van der Waals surface area (Å²) < 4.78 is 5.67. The van der Waals surface area contributed by atoms with E-state index in [-0.39, 0.29) is 6.10 Å². The Morgan fingerprint density at radius 3 is 3.23 bits per heavy atom. The number of aromatic nitrogens is 1. The lowest BCUT2D eigenvalue weighted by Crippen LogP contribution is -2.19. The van der Waals surface area contributed by atoms with Crippen LogP contribution in [-0.4, -0.2) is 24.2 Å². The minimum Gasteiger partial charge on any atom is -0.487 e. The van der Waals surface area contributed by atoms with E-state index in [9.17, 15) is 0 Å². The second-order valence-corrected chi connectivity index (χ2v) is 3.45. The summed E-state index contributed by atoms with van der Waals surface area (Å²) in [7, 11) is 0. The van der Waals surface area contributed by atoms with Gasteiger partial charge in [-0.25, -0.2) is 0 Å². The summed E-state index contributed by atoms with van der Waals surface area (Å²) in [4.78, 5) is 3.89. The number of nitrogens with one attached hydrogen (secondary N) is 1. The summed E-state index contributed by atoms with van der Waals surface area (Å²) in [5, 5.41) is 3.81. The zero-order valence-corrected chi connectivity index (χ0v) is 7.92. The molecule has 3 nitrogen and oxygen atoms in total. The van der Waals surface area contributed by atoms with Crippen LogP contribution in [0.1, 0.15) is 6.42 Å². The molecule has 1 saturated heterocycles. The van der Waals surface area contributed by atoms with Gasteiger partial charge in [-0.2, -0.15) is 0 Å². The fourth-order valence-corrected chi connectivity index (χ4v) is 1.53. The van der Waals surface area contributed by atoms with Crippen molar-refractivity contribution in [1.29, 1.82) is 0 Å². The Bertz CT molecular complexity index is 287. The van der Waals surface area contributed by atoms with E-state index in [1.54, 1.807) is 18.5 Å². The molecule has 1 N–H and O–H groups in total. The van der Waals surface area contributed by atoms with Gasteiger partial charge in [-0.3, -0.25) is 4.98 Å². The zero-order chi connectivity index (χ0) is 9.10. The first-order chi connectivity index (χ1) is 6.36. The molecule has 70 valence electrons. The maximum atomic E-state index is 5.89. The molecular weight excluding hydrogens is 188 g/mol. The highest BCUT2D eigenvalue weighted by Crippen LogP contribution is 2.24. The maximum Gasteiger partial charge on any atom is 0.141 e. The van der Waals surface area contributed by atoms with Gasteiger partial charge in [-0.05, 0) is 13.0 Å². The number of pyridine rings is 1. The molecule has 1 aromatic rings. The lowest BCUT2D eigenvalue weighted by molar-refractivity contribution is 0.223. The second-order valence-electron chi connectivity index (χ2n) is 3.04. The molecule has 4 heteroatoms. The second kappa shape index (κ2) is 3.94. The first-order valence-electron chi connectivity index (χ1n) is 4.33. The van der Waals surface area contributed by atoms with E-state index >= 15 is 0 Å². The highest BCUT2D eigenvalue weighted by atomic mass is 35.5. The average Bonchev–Trinajstić information content (AvgIpc) is 2.61. The van der Waals surface area contributed by atoms with E-state index in [0.29, 0.717) is 5.02 Å². The molecule has 0 aliphatic carbocycles. The van der Waals surface area contributed by atoms with Crippen LogP contribution >= 0.6 is 11.6 Å². The standard InChI is InChI=1S/C9H11ClN2O/c10-8-6-12-4-2-9(8)13-7-1-3-11-5-7/h2,4,6-7,11H,1,3,5H2/t7-/m1/s1. The molecule has 0 bridgehead atoms. The van der Waals surface area contributed by atoms with Gasteiger partial charge in [-0.15, -0.1) is 0 Å². The highest BCUT2D eigenvalue weighted by molar-refractivity contribution is 6.31. The van der Waals surface area contributed by atoms with Gasteiger partial charge in [0.15, 0.2) is 0 Å². The number of nitrogens with zero attached hydrogens (tertiary/aromatic N) is 1. The Morgan fingerprint density at radius 1 is 1.62 bits per heavy atom. The SMILES string of the molecule is Clc1cnccc1O[C@@H]1CCNC1. The Morgan fingerprint density at radius 2 is 2.54 bits per heavy atom. The third-order valence-corrected chi connectivity index (χ3v) is 2.33. The molecule has 1 aliphatic heterocycles. The molecule has 0 unspecified atom stereocenters. The third-order valence-electron chi connectivity index (χ3n) is 2.04. The lowest BCUT2D eigenvalue weighted by atomic mass is 10.3. The molecule has 2 rings (SSSR count).